The molecule has 2 heterocycles. The van der Waals surface area contributed by atoms with Crippen LogP contribution in [0.15, 0.2) is 42.5 Å². The number of thiophene rings is 1. The molecule has 1 aromatic heterocycles. The van der Waals surface area contributed by atoms with E-state index >= 15 is 4.39 Å². The second-order valence-electron chi connectivity index (χ2n) is 7.77. The molecule has 0 bridgehead atoms. The van der Waals surface area contributed by atoms with Crippen molar-refractivity contribution in [3.8, 4) is 16.9 Å². The molecule has 1 aliphatic rings. The molecule has 1 aliphatic heterocycles. The quantitative estimate of drug-likeness (QED) is 0.456. The van der Waals surface area contributed by atoms with E-state index in [4.69, 9.17) is 9.47 Å². The van der Waals surface area contributed by atoms with Crippen molar-refractivity contribution in [2.75, 3.05) is 13.7 Å². The van der Waals surface area contributed by atoms with Gasteiger partial charge in [-0.05, 0) is 55.5 Å². The molecular weight excluding hydrogens is 399 g/mol. The third-order valence-electron chi connectivity index (χ3n) is 5.69. The van der Waals surface area contributed by atoms with Crippen LogP contribution >= 0.6 is 11.3 Å². The maximum absolute atomic E-state index is 15.2. The highest BCUT2D eigenvalue weighted by Crippen LogP contribution is 2.37. The number of halogens is 1. The Balaban J connectivity index is 1.49. The molecule has 0 unspecified atom stereocenters. The molecule has 156 valence electrons. The molecule has 3 nitrogen and oxygen atoms in total. The Bertz CT molecular complexity index is 1090. The van der Waals surface area contributed by atoms with E-state index in [1.165, 1.54) is 12.0 Å². The van der Waals surface area contributed by atoms with Crippen LogP contribution in [0.25, 0.3) is 11.1 Å². The monoisotopic (exact) mass is 424 g/mol. The van der Waals surface area contributed by atoms with Gasteiger partial charge in [0.15, 0.2) is 0 Å². The molecule has 0 radical (unpaired) electrons. The number of hydrogen-bond acceptors (Lipinski definition) is 4. The average Bonchev–Trinajstić information content (AvgIpc) is 3.28. The Hall–Kier alpha value is -2.66. The van der Waals surface area contributed by atoms with Gasteiger partial charge >= 0.3 is 5.97 Å². The molecule has 0 saturated heterocycles. The molecule has 2 aromatic carbocycles. The first kappa shape index (κ1) is 20.6. The van der Waals surface area contributed by atoms with E-state index in [2.05, 4.69) is 13.0 Å². The summed E-state index contributed by atoms with van der Waals surface area (Å²) in [5.41, 5.74) is 4.53. The van der Waals surface area contributed by atoms with E-state index < -0.39 is 0 Å². The highest BCUT2D eigenvalue weighted by atomic mass is 32.1. The molecule has 0 amide bonds. The number of esters is 1. The zero-order valence-electron chi connectivity index (χ0n) is 17.5. The van der Waals surface area contributed by atoms with Gasteiger partial charge < -0.3 is 9.47 Å². The molecule has 0 saturated carbocycles. The summed E-state index contributed by atoms with van der Waals surface area (Å²) >= 11 is 1.70. The molecule has 30 heavy (non-hydrogen) atoms. The van der Waals surface area contributed by atoms with E-state index in [0.717, 1.165) is 39.3 Å². The second kappa shape index (κ2) is 8.60. The van der Waals surface area contributed by atoms with Gasteiger partial charge in [-0.3, -0.25) is 4.79 Å². The standard InChI is InChI=1S/C25H25FO3S/c1-15-11-22(16(2)30-15)21-6-4-5-18(25(21)26)9-7-17-8-10-20-19(13-24(27)28-3)14-29-23(20)12-17/h4-6,8,10-12,19H,7,9,13-14H2,1-3H3/t19-/m1/s1. The van der Waals surface area contributed by atoms with Crippen LogP contribution in [0.2, 0.25) is 0 Å². The average molecular weight is 425 g/mol. The minimum absolute atomic E-state index is 0.0351. The first-order valence-corrected chi connectivity index (χ1v) is 10.9. The lowest BCUT2D eigenvalue weighted by Gasteiger charge is -2.10. The molecular formula is C25H25FO3S. The van der Waals surface area contributed by atoms with E-state index in [0.29, 0.717) is 25.0 Å². The van der Waals surface area contributed by atoms with Crippen LogP contribution in [0, 0.1) is 19.7 Å². The molecule has 1 atom stereocenters. The number of aryl methyl sites for hydroxylation is 4. The number of hydrogen-bond donors (Lipinski definition) is 0. The lowest BCUT2D eigenvalue weighted by molar-refractivity contribution is -0.141. The molecule has 0 fully saturated rings. The predicted octanol–water partition coefficient (Wildman–Crippen LogP) is 6.00. The fourth-order valence-electron chi connectivity index (χ4n) is 4.09. The summed E-state index contributed by atoms with van der Waals surface area (Å²) in [5, 5.41) is 0. The first-order chi connectivity index (χ1) is 14.5. The van der Waals surface area contributed by atoms with E-state index in [9.17, 15) is 4.79 Å². The smallest absolute Gasteiger partial charge is 0.306 e. The highest BCUT2D eigenvalue weighted by Gasteiger charge is 2.27. The van der Waals surface area contributed by atoms with Crippen LogP contribution in [0.3, 0.4) is 0 Å². The largest absolute Gasteiger partial charge is 0.493 e. The molecule has 5 heteroatoms. The van der Waals surface area contributed by atoms with E-state index in [-0.39, 0.29) is 17.7 Å². The van der Waals surface area contributed by atoms with Crippen molar-refractivity contribution in [1.29, 1.82) is 0 Å². The summed E-state index contributed by atoms with van der Waals surface area (Å²) in [6.07, 6.45) is 1.66. The second-order valence-corrected chi connectivity index (χ2v) is 9.23. The number of ether oxygens (including phenoxy) is 2. The lowest BCUT2D eigenvalue weighted by atomic mass is 9.95. The Morgan fingerprint density at radius 1 is 1.17 bits per heavy atom. The number of methoxy groups -OCH3 is 1. The van der Waals surface area contributed by atoms with Gasteiger partial charge in [-0.2, -0.15) is 0 Å². The van der Waals surface area contributed by atoms with Crippen molar-refractivity contribution in [2.45, 2.75) is 39.0 Å². The van der Waals surface area contributed by atoms with Gasteiger partial charge in [0, 0.05) is 26.8 Å². The van der Waals surface area contributed by atoms with Gasteiger partial charge in [0.2, 0.25) is 0 Å². The third-order valence-corrected chi connectivity index (χ3v) is 6.66. The Labute approximate surface area is 180 Å². The summed E-state index contributed by atoms with van der Waals surface area (Å²) in [5.74, 6) is 0.494. The van der Waals surface area contributed by atoms with Crippen molar-refractivity contribution in [1.82, 2.24) is 0 Å². The molecule has 3 aromatic rings. The Morgan fingerprint density at radius 2 is 2.00 bits per heavy atom. The number of carbonyl (C=O) groups is 1. The normalized spacial score (nSPS) is 15.0. The Kier molecular flexibility index (Phi) is 5.91. The van der Waals surface area contributed by atoms with Crippen molar-refractivity contribution < 1.29 is 18.7 Å². The van der Waals surface area contributed by atoms with Gasteiger partial charge in [0.05, 0.1) is 20.1 Å². The SMILES string of the molecule is COC(=O)C[C@@H]1COc2cc(CCc3cccc(-c4cc(C)sc4C)c3F)ccc21. The van der Waals surface area contributed by atoms with Crippen LogP contribution in [0.1, 0.15) is 38.8 Å². The maximum Gasteiger partial charge on any atom is 0.306 e. The number of fused-ring (bicyclic) bond motifs is 1. The van der Waals surface area contributed by atoms with E-state index in [1.807, 2.05) is 43.3 Å². The van der Waals surface area contributed by atoms with Gasteiger partial charge in [0.1, 0.15) is 11.6 Å². The summed E-state index contributed by atoms with van der Waals surface area (Å²) < 4.78 is 25.8. The summed E-state index contributed by atoms with van der Waals surface area (Å²) in [4.78, 5) is 13.9. The zero-order valence-corrected chi connectivity index (χ0v) is 18.3. The van der Waals surface area contributed by atoms with Crippen molar-refractivity contribution in [3.05, 3.63) is 74.7 Å². The number of benzene rings is 2. The van der Waals surface area contributed by atoms with Crippen LogP contribution in [0.5, 0.6) is 5.75 Å². The van der Waals surface area contributed by atoms with Gasteiger partial charge in [0.25, 0.3) is 0 Å². The highest BCUT2D eigenvalue weighted by molar-refractivity contribution is 7.12. The minimum atomic E-state index is -0.230. The van der Waals surface area contributed by atoms with Crippen molar-refractivity contribution >= 4 is 17.3 Å². The first-order valence-electron chi connectivity index (χ1n) is 10.1. The fraction of sp³-hybridized carbons (Fsp3) is 0.320. The van der Waals surface area contributed by atoms with Crippen LogP contribution in [-0.4, -0.2) is 19.7 Å². The third kappa shape index (κ3) is 4.12. The van der Waals surface area contributed by atoms with Crippen LogP contribution < -0.4 is 4.74 Å². The van der Waals surface area contributed by atoms with Crippen LogP contribution in [-0.2, 0) is 22.4 Å². The van der Waals surface area contributed by atoms with E-state index in [1.54, 1.807) is 11.3 Å². The van der Waals surface area contributed by atoms with Crippen molar-refractivity contribution in [3.63, 3.8) is 0 Å². The van der Waals surface area contributed by atoms with Crippen LogP contribution in [0.4, 0.5) is 4.39 Å². The Morgan fingerprint density at radius 3 is 2.73 bits per heavy atom. The maximum atomic E-state index is 15.2. The summed E-state index contributed by atoms with van der Waals surface area (Å²) in [6, 6.07) is 13.8. The van der Waals surface area contributed by atoms with Gasteiger partial charge in [-0.25, -0.2) is 4.39 Å². The van der Waals surface area contributed by atoms with Gasteiger partial charge in [-0.1, -0.05) is 30.3 Å². The number of carbonyl (C=O) groups excluding carboxylic acids is 1. The van der Waals surface area contributed by atoms with Gasteiger partial charge in [-0.15, -0.1) is 11.3 Å². The number of rotatable bonds is 6. The topological polar surface area (TPSA) is 35.5 Å². The molecule has 0 N–H and O–H groups in total. The molecule has 0 spiro atoms. The summed E-state index contributed by atoms with van der Waals surface area (Å²) in [6.45, 7) is 4.58. The minimum Gasteiger partial charge on any atom is -0.493 e. The fourth-order valence-corrected chi connectivity index (χ4v) is 5.03. The zero-order chi connectivity index (χ0) is 21.3. The molecule has 4 rings (SSSR count). The molecule has 0 aliphatic carbocycles. The summed E-state index contributed by atoms with van der Waals surface area (Å²) in [7, 11) is 1.40. The van der Waals surface area contributed by atoms with Crippen molar-refractivity contribution in [2.24, 2.45) is 0 Å². The predicted molar refractivity (Wildman–Crippen MR) is 118 cm³/mol. The lowest BCUT2D eigenvalue weighted by Crippen LogP contribution is -2.09.